The maximum Gasteiger partial charge on any atom is 0.414 e. The molecule has 1 rings (SSSR count). The van der Waals surface area contributed by atoms with E-state index in [1.807, 2.05) is 18.2 Å². The lowest BCUT2D eigenvalue weighted by atomic mass is 10.3. The van der Waals surface area contributed by atoms with Gasteiger partial charge in [-0.2, -0.15) is 8.42 Å². The van der Waals surface area contributed by atoms with Gasteiger partial charge in [0.15, 0.2) is 0 Å². The molecule has 0 aromatic heterocycles. The van der Waals surface area contributed by atoms with E-state index in [0.717, 1.165) is 11.4 Å². The zero-order valence-corrected chi connectivity index (χ0v) is 12.5. The van der Waals surface area contributed by atoms with Gasteiger partial charge in [-0.25, -0.2) is 8.42 Å². The summed E-state index contributed by atoms with van der Waals surface area (Å²) in [6.07, 6.45) is 0.665. The third-order valence-corrected chi connectivity index (χ3v) is 2.23. The zero-order chi connectivity index (χ0) is 14.9. The Bertz CT molecular complexity index is 525. The number of hydrogen-bond donors (Lipinski definition) is 3. The average molecular weight is 330 g/mol. The summed E-state index contributed by atoms with van der Waals surface area (Å²) in [4.78, 5) is 1.10. The molecule has 11 heteroatoms. The molecule has 0 amide bonds. The Balaban J connectivity index is 0. The van der Waals surface area contributed by atoms with E-state index >= 15 is 0 Å². The number of sulfonamides is 1. The first-order valence-electron chi connectivity index (χ1n) is 5.05. The molecule has 1 aromatic carbocycles. The highest BCUT2D eigenvalue weighted by Crippen LogP contribution is 2.02. The van der Waals surface area contributed by atoms with Gasteiger partial charge in [-0.15, -0.1) is 4.28 Å². The Morgan fingerprint density at radius 1 is 1.15 bits per heavy atom. The van der Waals surface area contributed by atoms with Crippen LogP contribution in [0.2, 0.25) is 0 Å². The van der Waals surface area contributed by atoms with E-state index < -0.39 is 20.4 Å². The summed E-state index contributed by atoms with van der Waals surface area (Å²) in [6, 6.07) is 10.2. The van der Waals surface area contributed by atoms with Crippen LogP contribution < -0.4 is 10.2 Å². The molecule has 0 atom stereocenters. The van der Waals surface area contributed by atoms with Crippen LogP contribution in [0, 0.1) is 0 Å². The van der Waals surface area contributed by atoms with Crippen molar-refractivity contribution in [3.63, 3.8) is 0 Å². The molecule has 1 aromatic rings. The first-order chi connectivity index (χ1) is 8.64. The third-order valence-electron chi connectivity index (χ3n) is 1.45. The van der Waals surface area contributed by atoms with E-state index in [2.05, 4.69) is 28.7 Å². The van der Waals surface area contributed by atoms with Crippen LogP contribution in [0.5, 0.6) is 0 Å². The van der Waals surface area contributed by atoms with Crippen molar-refractivity contribution in [1.29, 1.82) is 0 Å². The Morgan fingerprint density at radius 3 is 1.95 bits per heavy atom. The van der Waals surface area contributed by atoms with Gasteiger partial charge in [-0.05, 0) is 19.1 Å². The van der Waals surface area contributed by atoms with Gasteiger partial charge in [-0.1, -0.05) is 23.1 Å². The lowest BCUT2D eigenvalue weighted by molar-refractivity contribution is 0.233. The van der Waals surface area contributed by atoms with Crippen LogP contribution >= 0.6 is 0 Å². The van der Waals surface area contributed by atoms with Crippen molar-refractivity contribution in [2.75, 3.05) is 18.1 Å². The fourth-order valence-electron chi connectivity index (χ4n) is 0.865. The predicted octanol–water partition coefficient (Wildman–Crippen LogP) is -0.436. The van der Waals surface area contributed by atoms with Gasteiger partial charge < -0.3 is 10.8 Å². The lowest BCUT2D eigenvalue weighted by Crippen LogP contribution is -2.25. The topological polar surface area (TPSA) is 153 Å². The summed E-state index contributed by atoms with van der Waals surface area (Å²) in [5.41, 5.74) is 1.19. The number of rotatable bonds is 5. The molecule has 0 heterocycles. The van der Waals surface area contributed by atoms with Crippen molar-refractivity contribution >= 4 is 26.1 Å². The Labute approximate surface area is 118 Å². The first-order valence-corrected chi connectivity index (χ1v) is 8.31. The van der Waals surface area contributed by atoms with Crippen molar-refractivity contribution < 1.29 is 31.1 Å². The van der Waals surface area contributed by atoms with Crippen LogP contribution in [0.15, 0.2) is 30.3 Å². The van der Waals surface area contributed by atoms with E-state index in [0.29, 0.717) is 6.26 Å². The predicted molar refractivity (Wildman–Crippen MR) is 74.8 cm³/mol. The third kappa shape index (κ3) is 14.8. The molecule has 0 spiro atoms. The molecule has 20 heavy (non-hydrogen) atoms. The summed E-state index contributed by atoms with van der Waals surface area (Å²) in [6.45, 7) is 3.08. The van der Waals surface area contributed by atoms with Gasteiger partial charge in [0.1, 0.15) is 0 Å². The molecule has 0 aliphatic heterocycles. The second-order valence-electron chi connectivity index (χ2n) is 3.26. The fraction of sp³-hybridized carbons (Fsp3) is 0.333. The molecule has 0 fully saturated rings. The minimum atomic E-state index is -4.75. The van der Waals surface area contributed by atoms with Crippen molar-refractivity contribution in [3.8, 4) is 0 Å². The maximum atomic E-state index is 10.1. The van der Waals surface area contributed by atoms with E-state index in [1.54, 1.807) is 0 Å². The molecule has 0 radical (unpaired) electrons. The highest BCUT2D eigenvalue weighted by molar-refractivity contribution is 7.89. The molecule has 0 unspecified atom stereocenters. The van der Waals surface area contributed by atoms with Crippen LogP contribution in [-0.2, 0) is 24.7 Å². The maximum absolute atomic E-state index is 10.1. The number of nitrogens with one attached hydrogen (secondary N) is 2. The van der Waals surface area contributed by atoms with Crippen LogP contribution in [-0.4, -0.2) is 39.7 Å². The minimum Gasteiger partial charge on any atom is -0.412 e. The summed E-state index contributed by atoms with van der Waals surface area (Å²) < 4.78 is 50.6. The number of para-hydroxylation sites is 1. The van der Waals surface area contributed by atoms with E-state index in [1.165, 1.54) is 5.69 Å². The smallest absolute Gasteiger partial charge is 0.412 e. The van der Waals surface area contributed by atoms with E-state index in [4.69, 9.17) is 4.55 Å². The summed E-state index contributed by atoms with van der Waals surface area (Å²) in [5, 5.41) is 3.21. The molecular formula is C9H18N2O7S2. The van der Waals surface area contributed by atoms with Gasteiger partial charge in [0.25, 0.3) is 0 Å². The zero-order valence-electron chi connectivity index (χ0n) is 10.9. The Hall–Kier alpha value is -1.24. The van der Waals surface area contributed by atoms with Crippen LogP contribution in [0.4, 0.5) is 5.69 Å². The molecule has 118 valence electrons. The quantitative estimate of drug-likeness (QED) is 0.488. The molecule has 0 aliphatic carbocycles. The van der Waals surface area contributed by atoms with Crippen molar-refractivity contribution in [2.45, 2.75) is 6.92 Å². The second-order valence-corrected chi connectivity index (χ2v) is 6.00. The molecule has 0 aliphatic rings. The second kappa shape index (κ2) is 9.63. The minimum absolute atomic E-state index is 0. The van der Waals surface area contributed by atoms with Gasteiger partial charge in [0, 0.05) is 12.2 Å². The van der Waals surface area contributed by atoms with E-state index in [-0.39, 0.29) is 5.48 Å². The Morgan fingerprint density at radius 2 is 1.65 bits per heavy atom. The molecule has 9 nitrogen and oxygen atoms in total. The SMILES string of the molecule is CCNc1ccccc1.CS(=O)(=O)NOS(=O)(=O)O.O. The fourth-order valence-corrected chi connectivity index (χ4v) is 1.70. The standard InChI is InChI=1S/C8H11N.CH5NO6S2.H2O/c1-2-9-8-6-4-3-5-7-8;1-9(3,4)2-8-10(5,6)7;/h3-7,9H,2H2,1H3;2H,1H3,(H,5,6,7);1H2. The van der Waals surface area contributed by atoms with Crippen molar-refractivity contribution in [1.82, 2.24) is 4.89 Å². The number of anilines is 1. The van der Waals surface area contributed by atoms with Crippen molar-refractivity contribution in [2.24, 2.45) is 0 Å². The highest BCUT2D eigenvalue weighted by Gasteiger charge is 2.08. The average Bonchev–Trinajstić information content (AvgIpc) is 2.28. The summed E-state index contributed by atoms with van der Waals surface area (Å²) >= 11 is 0. The van der Waals surface area contributed by atoms with Gasteiger partial charge in [0.05, 0.1) is 6.26 Å². The summed E-state index contributed by atoms with van der Waals surface area (Å²) in [5.74, 6) is 0. The molecular weight excluding hydrogens is 312 g/mol. The van der Waals surface area contributed by atoms with Crippen molar-refractivity contribution in [3.05, 3.63) is 30.3 Å². The molecule has 5 N–H and O–H groups in total. The van der Waals surface area contributed by atoms with E-state index in [9.17, 15) is 16.8 Å². The molecule has 0 bridgehead atoms. The van der Waals surface area contributed by atoms with Crippen LogP contribution in [0.1, 0.15) is 6.92 Å². The first kappa shape index (κ1) is 21.1. The molecule has 0 saturated heterocycles. The molecule has 0 saturated carbocycles. The highest BCUT2D eigenvalue weighted by atomic mass is 32.3. The van der Waals surface area contributed by atoms with Gasteiger partial charge >= 0.3 is 10.4 Å². The normalized spacial score (nSPS) is 10.8. The summed E-state index contributed by atoms with van der Waals surface area (Å²) in [7, 11) is -8.52. The lowest BCUT2D eigenvalue weighted by Gasteiger charge is -1.99. The largest absolute Gasteiger partial charge is 0.414 e. The van der Waals surface area contributed by atoms with Gasteiger partial charge in [0.2, 0.25) is 10.0 Å². The number of hydrogen-bond acceptors (Lipinski definition) is 6. The van der Waals surface area contributed by atoms with Crippen LogP contribution in [0.25, 0.3) is 0 Å². The van der Waals surface area contributed by atoms with Crippen LogP contribution in [0.3, 0.4) is 0 Å². The monoisotopic (exact) mass is 330 g/mol. The Kier molecular flexibility index (Phi) is 10.1. The van der Waals surface area contributed by atoms with Gasteiger partial charge in [-0.3, -0.25) is 4.55 Å². The number of benzene rings is 1.